The second-order valence-electron chi connectivity index (χ2n) is 5.69. The molecular formula is C16H13NO4. The number of fused-ring (bicyclic) bond motifs is 2. The molecule has 1 aromatic rings. The average Bonchev–Trinajstić information content (AvgIpc) is 2.88. The van der Waals surface area contributed by atoms with Crippen molar-refractivity contribution in [3.05, 3.63) is 33.9 Å². The van der Waals surface area contributed by atoms with Crippen molar-refractivity contribution in [2.24, 2.45) is 0 Å². The van der Waals surface area contributed by atoms with Gasteiger partial charge in [-0.2, -0.15) is 0 Å². The van der Waals surface area contributed by atoms with E-state index >= 15 is 0 Å². The zero-order chi connectivity index (χ0) is 14.7. The first-order valence-corrected chi connectivity index (χ1v) is 7.05. The van der Waals surface area contributed by atoms with Crippen LogP contribution in [0.1, 0.15) is 33.5 Å². The minimum atomic E-state index is -1.34. The second-order valence-corrected chi connectivity index (χ2v) is 5.69. The van der Waals surface area contributed by atoms with Gasteiger partial charge in [-0.3, -0.25) is 9.59 Å². The molecule has 1 aliphatic carbocycles. The molecule has 0 saturated heterocycles. The van der Waals surface area contributed by atoms with E-state index in [9.17, 15) is 14.4 Å². The molecule has 0 amide bonds. The van der Waals surface area contributed by atoms with E-state index in [0.717, 1.165) is 49.2 Å². The lowest BCUT2D eigenvalue weighted by Gasteiger charge is -2.28. The van der Waals surface area contributed by atoms with Crippen molar-refractivity contribution < 1.29 is 19.5 Å². The van der Waals surface area contributed by atoms with Gasteiger partial charge in [0.15, 0.2) is 0 Å². The van der Waals surface area contributed by atoms with Crippen LogP contribution in [0, 0.1) is 0 Å². The van der Waals surface area contributed by atoms with E-state index < -0.39 is 23.1 Å². The summed E-state index contributed by atoms with van der Waals surface area (Å²) in [6.07, 6.45) is 4.11. The summed E-state index contributed by atoms with van der Waals surface area (Å²) in [5.41, 5.74) is 3.79. The Balaban J connectivity index is 2.02. The van der Waals surface area contributed by atoms with Crippen LogP contribution in [-0.2, 0) is 22.4 Å². The van der Waals surface area contributed by atoms with Gasteiger partial charge in [-0.05, 0) is 48.1 Å². The molecule has 5 heteroatoms. The van der Waals surface area contributed by atoms with Gasteiger partial charge in [0.05, 0.1) is 0 Å². The fraction of sp³-hybridized carbons (Fsp3) is 0.312. The Hall–Kier alpha value is -2.43. The van der Waals surface area contributed by atoms with Gasteiger partial charge in [0.25, 0.3) is 0 Å². The molecule has 106 valence electrons. The van der Waals surface area contributed by atoms with Crippen molar-refractivity contribution >= 4 is 29.3 Å². The lowest BCUT2D eigenvalue weighted by Crippen LogP contribution is -2.29. The van der Waals surface area contributed by atoms with Gasteiger partial charge in [0.1, 0.15) is 5.57 Å². The van der Waals surface area contributed by atoms with E-state index in [-0.39, 0.29) is 0 Å². The molecule has 0 radical (unpaired) electrons. The molecule has 0 fully saturated rings. The van der Waals surface area contributed by atoms with Crippen LogP contribution in [0.25, 0.3) is 6.08 Å². The third-order valence-electron chi connectivity index (χ3n) is 4.54. The topological polar surface area (TPSA) is 74.7 Å². The highest BCUT2D eigenvalue weighted by Crippen LogP contribution is 2.41. The van der Waals surface area contributed by atoms with Crippen molar-refractivity contribution in [3.8, 4) is 0 Å². The average molecular weight is 283 g/mol. The number of anilines is 1. The molecule has 2 aliphatic heterocycles. The van der Waals surface area contributed by atoms with Crippen LogP contribution in [-0.4, -0.2) is 35.7 Å². The maximum Gasteiger partial charge on any atom is 0.339 e. The zero-order valence-corrected chi connectivity index (χ0v) is 11.3. The smallest absolute Gasteiger partial charge is 0.339 e. The van der Waals surface area contributed by atoms with Gasteiger partial charge in [-0.25, -0.2) is 4.79 Å². The number of aryl methyl sites for hydroxylation is 1. The Labute approximate surface area is 120 Å². The van der Waals surface area contributed by atoms with Crippen LogP contribution < -0.4 is 4.90 Å². The number of carboxylic acid groups (broad SMARTS) is 1. The number of ketones is 2. The van der Waals surface area contributed by atoms with Crippen LogP contribution in [0.3, 0.4) is 0 Å². The normalized spacial score (nSPS) is 19.2. The lowest BCUT2D eigenvalue weighted by molar-refractivity contribution is -0.134. The summed E-state index contributed by atoms with van der Waals surface area (Å²) >= 11 is 0. The molecule has 5 nitrogen and oxygen atoms in total. The van der Waals surface area contributed by atoms with Gasteiger partial charge in [-0.1, -0.05) is 0 Å². The molecule has 3 aliphatic rings. The number of hydrogen-bond acceptors (Lipinski definition) is 4. The van der Waals surface area contributed by atoms with Gasteiger partial charge in [0, 0.05) is 24.3 Å². The number of carbonyl (C=O) groups excluding carboxylic acids is 2. The number of benzene rings is 1. The first-order valence-electron chi connectivity index (χ1n) is 7.05. The highest BCUT2D eigenvalue weighted by atomic mass is 16.4. The molecule has 1 N–H and O–H groups in total. The molecule has 2 heterocycles. The van der Waals surface area contributed by atoms with E-state index in [2.05, 4.69) is 4.90 Å². The molecule has 0 spiro atoms. The first kappa shape index (κ1) is 12.3. The third kappa shape index (κ3) is 1.54. The minimum absolute atomic E-state index is 0.424. The summed E-state index contributed by atoms with van der Waals surface area (Å²) < 4.78 is 0. The Morgan fingerprint density at radius 2 is 1.95 bits per heavy atom. The SMILES string of the molecule is O=C(O)C1=Cc2cc3c4c(c2C(=O)C1=O)CCN4CCC3. The summed E-state index contributed by atoms with van der Waals surface area (Å²) in [6.45, 7) is 1.85. The Morgan fingerprint density at radius 3 is 2.71 bits per heavy atom. The van der Waals surface area contributed by atoms with Crippen molar-refractivity contribution in [3.63, 3.8) is 0 Å². The highest BCUT2D eigenvalue weighted by molar-refractivity contribution is 6.56. The van der Waals surface area contributed by atoms with Gasteiger partial charge in [-0.15, -0.1) is 0 Å². The Morgan fingerprint density at radius 1 is 1.14 bits per heavy atom. The van der Waals surface area contributed by atoms with Crippen LogP contribution in [0.15, 0.2) is 11.6 Å². The third-order valence-corrected chi connectivity index (χ3v) is 4.54. The van der Waals surface area contributed by atoms with Crippen molar-refractivity contribution in [2.75, 3.05) is 18.0 Å². The predicted molar refractivity (Wildman–Crippen MR) is 75.6 cm³/mol. The Bertz CT molecular complexity index is 760. The minimum Gasteiger partial charge on any atom is -0.478 e. The molecule has 0 atom stereocenters. The van der Waals surface area contributed by atoms with Gasteiger partial charge < -0.3 is 10.0 Å². The first-order chi connectivity index (χ1) is 10.1. The summed E-state index contributed by atoms with van der Waals surface area (Å²) in [4.78, 5) is 37.7. The Kier molecular flexibility index (Phi) is 2.37. The summed E-state index contributed by atoms with van der Waals surface area (Å²) in [6, 6.07) is 1.89. The molecule has 0 unspecified atom stereocenters. The van der Waals surface area contributed by atoms with Crippen LogP contribution in [0.4, 0.5) is 5.69 Å². The van der Waals surface area contributed by atoms with E-state index in [1.807, 2.05) is 6.07 Å². The van der Waals surface area contributed by atoms with Crippen LogP contribution >= 0.6 is 0 Å². The quantitative estimate of drug-likeness (QED) is 0.620. The van der Waals surface area contributed by atoms with Crippen LogP contribution in [0.2, 0.25) is 0 Å². The van der Waals surface area contributed by atoms with E-state index in [1.165, 1.54) is 6.08 Å². The summed E-state index contributed by atoms with van der Waals surface area (Å²) in [5, 5.41) is 9.08. The van der Waals surface area contributed by atoms with E-state index in [4.69, 9.17) is 5.11 Å². The monoisotopic (exact) mass is 283 g/mol. The number of Topliss-reactive ketones (excluding diaryl/α,β-unsaturated/α-hetero) is 2. The number of rotatable bonds is 1. The number of nitrogens with zero attached hydrogens (tertiary/aromatic N) is 1. The number of carbonyl (C=O) groups is 3. The lowest BCUT2D eigenvalue weighted by atomic mass is 9.83. The van der Waals surface area contributed by atoms with E-state index in [1.54, 1.807) is 0 Å². The van der Waals surface area contributed by atoms with Crippen molar-refractivity contribution in [1.82, 2.24) is 0 Å². The largest absolute Gasteiger partial charge is 0.478 e. The van der Waals surface area contributed by atoms with E-state index in [0.29, 0.717) is 11.1 Å². The summed E-state index contributed by atoms with van der Waals surface area (Å²) in [5.74, 6) is -2.91. The fourth-order valence-electron chi connectivity index (χ4n) is 3.68. The van der Waals surface area contributed by atoms with Crippen LogP contribution in [0.5, 0.6) is 0 Å². The number of hydrogen-bond donors (Lipinski definition) is 1. The highest BCUT2D eigenvalue weighted by Gasteiger charge is 2.37. The maximum absolute atomic E-state index is 12.3. The molecule has 21 heavy (non-hydrogen) atoms. The maximum atomic E-state index is 12.3. The molecule has 4 rings (SSSR count). The zero-order valence-electron chi connectivity index (χ0n) is 11.3. The molecule has 0 saturated carbocycles. The standard InChI is InChI=1S/C16H13NO4/c18-14-11(16(20)21)7-9-6-8-2-1-4-17-5-3-10(13(8)17)12(9)15(14)19/h6-7H,1-5H2,(H,20,21). The molecular weight excluding hydrogens is 270 g/mol. The molecule has 0 aromatic heterocycles. The predicted octanol–water partition coefficient (Wildman–Crippen LogP) is 1.23. The van der Waals surface area contributed by atoms with Crippen molar-refractivity contribution in [1.29, 1.82) is 0 Å². The number of aliphatic carboxylic acids is 1. The molecule has 1 aromatic carbocycles. The summed E-state index contributed by atoms with van der Waals surface area (Å²) in [7, 11) is 0. The number of carboxylic acids is 1. The van der Waals surface area contributed by atoms with Gasteiger partial charge in [0.2, 0.25) is 11.6 Å². The molecule has 0 bridgehead atoms. The fourth-order valence-corrected chi connectivity index (χ4v) is 3.68. The second kappa shape index (κ2) is 4.04. The van der Waals surface area contributed by atoms with Crippen molar-refractivity contribution in [2.45, 2.75) is 19.3 Å². The van der Waals surface area contributed by atoms with Gasteiger partial charge >= 0.3 is 5.97 Å².